The lowest BCUT2D eigenvalue weighted by Gasteiger charge is -2.28. The normalized spacial score (nSPS) is 13.5. The average molecular weight is 417 g/mol. The van der Waals surface area contributed by atoms with Gasteiger partial charge in [-0.25, -0.2) is 4.98 Å². The second-order valence-electron chi connectivity index (χ2n) is 7.05. The second kappa shape index (κ2) is 9.82. The number of anilines is 2. The summed E-state index contributed by atoms with van der Waals surface area (Å²) in [5, 5.41) is 5.69. The van der Waals surface area contributed by atoms with Gasteiger partial charge in [0.05, 0.1) is 13.2 Å². The van der Waals surface area contributed by atoms with E-state index in [0.717, 1.165) is 24.5 Å². The number of rotatable bonds is 6. The molecule has 1 fully saturated rings. The van der Waals surface area contributed by atoms with Crippen LogP contribution >= 0.6 is 0 Å². The van der Waals surface area contributed by atoms with Gasteiger partial charge in [0.15, 0.2) is 0 Å². The van der Waals surface area contributed by atoms with E-state index in [1.54, 1.807) is 54.9 Å². The van der Waals surface area contributed by atoms with Crippen molar-refractivity contribution in [3.05, 3.63) is 83.8 Å². The summed E-state index contributed by atoms with van der Waals surface area (Å²) in [7, 11) is 0. The quantitative estimate of drug-likeness (QED) is 0.640. The average Bonchev–Trinajstić information content (AvgIpc) is 2.84. The summed E-state index contributed by atoms with van der Waals surface area (Å²) in [5.74, 6) is 0.405. The molecule has 2 aromatic heterocycles. The first-order chi connectivity index (χ1) is 15.2. The number of carbonyl (C=O) groups excluding carboxylic acids is 2. The van der Waals surface area contributed by atoms with Crippen LogP contribution < -0.4 is 15.5 Å². The zero-order valence-electron chi connectivity index (χ0n) is 17.0. The zero-order valence-corrected chi connectivity index (χ0v) is 17.0. The van der Waals surface area contributed by atoms with E-state index in [9.17, 15) is 9.59 Å². The number of morpholine rings is 1. The fourth-order valence-corrected chi connectivity index (χ4v) is 3.22. The first kappa shape index (κ1) is 20.5. The Labute approximate surface area is 180 Å². The zero-order chi connectivity index (χ0) is 21.5. The van der Waals surface area contributed by atoms with Crippen LogP contribution in [0.25, 0.3) is 0 Å². The maximum atomic E-state index is 12.5. The molecule has 2 N–H and O–H groups in total. The first-order valence-corrected chi connectivity index (χ1v) is 10.1. The highest BCUT2D eigenvalue weighted by atomic mass is 16.5. The van der Waals surface area contributed by atoms with E-state index in [0.29, 0.717) is 36.7 Å². The van der Waals surface area contributed by atoms with Crippen LogP contribution in [-0.4, -0.2) is 48.1 Å². The summed E-state index contributed by atoms with van der Waals surface area (Å²) in [6, 6.07) is 15.8. The molecule has 3 heterocycles. The van der Waals surface area contributed by atoms with Gasteiger partial charge in [-0.15, -0.1) is 0 Å². The van der Waals surface area contributed by atoms with E-state index in [4.69, 9.17) is 4.74 Å². The van der Waals surface area contributed by atoms with E-state index >= 15 is 0 Å². The summed E-state index contributed by atoms with van der Waals surface area (Å²) < 4.78 is 5.38. The molecule has 1 aromatic carbocycles. The smallest absolute Gasteiger partial charge is 0.274 e. The Bertz CT molecular complexity index is 1030. The highest BCUT2D eigenvalue weighted by molar-refractivity contribution is 6.03. The topological polar surface area (TPSA) is 96.5 Å². The molecule has 1 aliphatic rings. The standard InChI is InChI=1S/C23H23N5O3/c29-22(26-16-17-8-10-25-21(15-17)28-11-13-31-14-12-28)18-4-6-19(7-5-18)27-23(30)20-3-1-2-9-24-20/h1-10,15H,11-14,16H2,(H,26,29)(H,27,30). The van der Waals surface area contributed by atoms with E-state index in [1.165, 1.54) is 0 Å². The molecule has 8 nitrogen and oxygen atoms in total. The molecule has 0 aliphatic carbocycles. The number of aromatic nitrogens is 2. The van der Waals surface area contributed by atoms with Crippen LogP contribution in [0.2, 0.25) is 0 Å². The number of ether oxygens (including phenoxy) is 1. The second-order valence-corrected chi connectivity index (χ2v) is 7.05. The molecule has 0 unspecified atom stereocenters. The molecular formula is C23H23N5O3. The van der Waals surface area contributed by atoms with Crippen LogP contribution in [0.5, 0.6) is 0 Å². The highest BCUT2D eigenvalue weighted by Gasteiger charge is 2.13. The molecular weight excluding hydrogens is 394 g/mol. The third kappa shape index (κ3) is 5.43. The van der Waals surface area contributed by atoms with Gasteiger partial charge in [0, 0.05) is 43.3 Å². The summed E-state index contributed by atoms with van der Waals surface area (Å²) in [6.07, 6.45) is 3.32. The number of hydrogen-bond donors (Lipinski definition) is 2. The summed E-state index contributed by atoms with van der Waals surface area (Å²) in [4.78, 5) is 35.3. The van der Waals surface area contributed by atoms with Gasteiger partial charge in [-0.3, -0.25) is 14.6 Å². The SMILES string of the molecule is O=C(NCc1ccnc(N2CCOCC2)c1)c1ccc(NC(=O)c2ccccn2)cc1. The van der Waals surface area contributed by atoms with Gasteiger partial charge in [-0.1, -0.05) is 6.07 Å². The number of benzene rings is 1. The number of nitrogens with zero attached hydrogens (tertiary/aromatic N) is 3. The van der Waals surface area contributed by atoms with Crippen LogP contribution in [0.1, 0.15) is 26.4 Å². The number of pyridine rings is 2. The Morgan fingerprint density at radius 1 is 0.935 bits per heavy atom. The van der Waals surface area contributed by atoms with Crippen molar-refractivity contribution in [1.29, 1.82) is 0 Å². The van der Waals surface area contributed by atoms with Crippen LogP contribution in [0.3, 0.4) is 0 Å². The van der Waals surface area contributed by atoms with E-state index < -0.39 is 0 Å². The lowest BCUT2D eigenvalue weighted by Crippen LogP contribution is -2.36. The van der Waals surface area contributed by atoms with Gasteiger partial charge in [-0.2, -0.15) is 0 Å². The van der Waals surface area contributed by atoms with Crippen LogP contribution in [-0.2, 0) is 11.3 Å². The predicted octanol–water partition coefficient (Wildman–Crippen LogP) is 2.50. The van der Waals surface area contributed by atoms with Gasteiger partial charge in [0.1, 0.15) is 11.5 Å². The summed E-state index contributed by atoms with van der Waals surface area (Å²) in [6.45, 7) is 3.41. The van der Waals surface area contributed by atoms with Crippen molar-refractivity contribution in [2.45, 2.75) is 6.54 Å². The minimum Gasteiger partial charge on any atom is -0.378 e. The van der Waals surface area contributed by atoms with E-state index in [2.05, 4.69) is 25.5 Å². The molecule has 0 saturated carbocycles. The third-order valence-electron chi connectivity index (χ3n) is 4.90. The fourth-order valence-electron chi connectivity index (χ4n) is 3.22. The molecule has 3 aromatic rings. The Kier molecular flexibility index (Phi) is 6.49. The van der Waals surface area contributed by atoms with Crippen molar-refractivity contribution in [3.8, 4) is 0 Å². The van der Waals surface area contributed by atoms with Crippen molar-refractivity contribution >= 4 is 23.3 Å². The van der Waals surface area contributed by atoms with Gasteiger partial charge < -0.3 is 20.3 Å². The van der Waals surface area contributed by atoms with Gasteiger partial charge in [0.2, 0.25) is 0 Å². The molecule has 8 heteroatoms. The van der Waals surface area contributed by atoms with Gasteiger partial charge in [-0.05, 0) is 54.1 Å². The molecule has 158 valence electrons. The molecule has 0 atom stereocenters. The Balaban J connectivity index is 1.32. The van der Waals surface area contributed by atoms with Crippen LogP contribution in [0.4, 0.5) is 11.5 Å². The monoisotopic (exact) mass is 417 g/mol. The Morgan fingerprint density at radius 2 is 1.74 bits per heavy atom. The van der Waals surface area contributed by atoms with Crippen molar-refractivity contribution in [3.63, 3.8) is 0 Å². The Morgan fingerprint density at radius 3 is 2.48 bits per heavy atom. The predicted molar refractivity (Wildman–Crippen MR) is 117 cm³/mol. The molecule has 4 rings (SSSR count). The van der Waals surface area contributed by atoms with Crippen LogP contribution in [0, 0.1) is 0 Å². The molecule has 0 spiro atoms. The maximum absolute atomic E-state index is 12.5. The molecule has 0 radical (unpaired) electrons. The minimum atomic E-state index is -0.299. The third-order valence-corrected chi connectivity index (χ3v) is 4.90. The summed E-state index contributed by atoms with van der Waals surface area (Å²) in [5.41, 5.74) is 2.41. The highest BCUT2D eigenvalue weighted by Crippen LogP contribution is 2.15. The van der Waals surface area contributed by atoms with Gasteiger partial charge >= 0.3 is 0 Å². The van der Waals surface area contributed by atoms with Crippen molar-refractivity contribution in [2.24, 2.45) is 0 Å². The summed E-state index contributed by atoms with van der Waals surface area (Å²) >= 11 is 0. The van der Waals surface area contributed by atoms with Crippen molar-refractivity contribution in [1.82, 2.24) is 15.3 Å². The Hall–Kier alpha value is -3.78. The maximum Gasteiger partial charge on any atom is 0.274 e. The lowest BCUT2D eigenvalue weighted by molar-refractivity contribution is 0.0950. The largest absolute Gasteiger partial charge is 0.378 e. The lowest BCUT2D eigenvalue weighted by atomic mass is 10.1. The minimum absolute atomic E-state index is 0.188. The van der Waals surface area contributed by atoms with Crippen molar-refractivity contribution < 1.29 is 14.3 Å². The number of nitrogens with one attached hydrogen (secondary N) is 2. The molecule has 0 bridgehead atoms. The van der Waals surface area contributed by atoms with Crippen LogP contribution in [0.15, 0.2) is 67.0 Å². The number of hydrogen-bond acceptors (Lipinski definition) is 6. The number of amides is 2. The first-order valence-electron chi connectivity index (χ1n) is 10.1. The molecule has 1 aliphatic heterocycles. The molecule has 2 amide bonds. The van der Waals surface area contributed by atoms with E-state index in [1.807, 2.05) is 12.1 Å². The molecule has 1 saturated heterocycles. The van der Waals surface area contributed by atoms with Gasteiger partial charge in [0.25, 0.3) is 11.8 Å². The van der Waals surface area contributed by atoms with Crippen molar-refractivity contribution in [2.75, 3.05) is 36.5 Å². The fraction of sp³-hybridized carbons (Fsp3) is 0.217. The molecule has 31 heavy (non-hydrogen) atoms. The number of carbonyl (C=O) groups is 2. The van der Waals surface area contributed by atoms with E-state index in [-0.39, 0.29) is 11.8 Å².